The molecule has 0 amide bonds. The number of hydrogen-bond acceptors (Lipinski definition) is 2. The molecular weight excluding hydrogens is 262 g/mol. The van der Waals surface area contributed by atoms with Crippen LogP contribution in [0.4, 0.5) is 0 Å². The standard InChI is InChI=1S/C18H23NO2/c1-10-8-15(13(4)12(3)11(10)2)17-9-16(18(20)21-7)14(5)19(17)6/h8-9H,1-7H3. The number of carbonyl (C=O) groups excluding carboxylic acids is 1. The zero-order valence-corrected chi connectivity index (χ0v) is 13.9. The van der Waals surface area contributed by atoms with Gasteiger partial charge in [0.05, 0.1) is 12.7 Å². The van der Waals surface area contributed by atoms with E-state index in [1.165, 1.54) is 34.9 Å². The van der Waals surface area contributed by atoms with Crippen molar-refractivity contribution < 1.29 is 9.53 Å². The Bertz CT molecular complexity index is 724. The number of aryl methyl sites for hydroxylation is 1. The summed E-state index contributed by atoms with van der Waals surface area (Å²) < 4.78 is 6.92. The molecule has 3 nitrogen and oxygen atoms in total. The number of aromatic nitrogens is 1. The maximum Gasteiger partial charge on any atom is 0.339 e. The fourth-order valence-electron chi connectivity index (χ4n) is 2.75. The van der Waals surface area contributed by atoms with Crippen molar-refractivity contribution in [2.75, 3.05) is 7.11 Å². The molecule has 21 heavy (non-hydrogen) atoms. The van der Waals surface area contributed by atoms with Gasteiger partial charge in [0, 0.05) is 24.0 Å². The van der Waals surface area contributed by atoms with Crippen LogP contribution in [0.2, 0.25) is 0 Å². The van der Waals surface area contributed by atoms with E-state index in [2.05, 4.69) is 38.3 Å². The molecule has 0 saturated heterocycles. The molecule has 0 unspecified atom stereocenters. The molecule has 1 aromatic heterocycles. The summed E-state index contributed by atoms with van der Waals surface area (Å²) in [7, 11) is 3.40. The number of nitrogens with zero attached hydrogens (tertiary/aromatic N) is 1. The smallest absolute Gasteiger partial charge is 0.339 e. The Hall–Kier alpha value is -2.03. The van der Waals surface area contributed by atoms with Crippen LogP contribution in [-0.2, 0) is 11.8 Å². The number of hydrogen-bond donors (Lipinski definition) is 0. The summed E-state index contributed by atoms with van der Waals surface area (Å²) in [6, 6.07) is 4.13. The van der Waals surface area contributed by atoms with Crippen LogP contribution in [0.15, 0.2) is 12.1 Å². The molecule has 2 rings (SSSR count). The average molecular weight is 285 g/mol. The summed E-state index contributed by atoms with van der Waals surface area (Å²) in [5.41, 5.74) is 8.95. The SMILES string of the molecule is COC(=O)c1cc(-c2cc(C)c(C)c(C)c2C)n(C)c1C. The minimum Gasteiger partial charge on any atom is -0.465 e. The van der Waals surface area contributed by atoms with E-state index in [9.17, 15) is 4.79 Å². The number of carbonyl (C=O) groups is 1. The van der Waals surface area contributed by atoms with Gasteiger partial charge in [0.15, 0.2) is 0 Å². The Morgan fingerprint density at radius 1 is 1.00 bits per heavy atom. The molecule has 0 aliphatic carbocycles. The van der Waals surface area contributed by atoms with E-state index in [1.54, 1.807) is 0 Å². The first kappa shape index (κ1) is 15.4. The van der Waals surface area contributed by atoms with Crippen molar-refractivity contribution in [3.8, 4) is 11.3 Å². The average Bonchev–Trinajstić information content (AvgIpc) is 2.76. The van der Waals surface area contributed by atoms with Crippen LogP contribution >= 0.6 is 0 Å². The van der Waals surface area contributed by atoms with Gasteiger partial charge in [-0.05, 0) is 69.0 Å². The van der Waals surface area contributed by atoms with Gasteiger partial charge >= 0.3 is 5.97 Å². The maximum atomic E-state index is 11.9. The first-order chi connectivity index (χ1) is 9.79. The van der Waals surface area contributed by atoms with Crippen molar-refractivity contribution in [2.24, 2.45) is 7.05 Å². The third kappa shape index (κ3) is 2.37. The molecule has 0 N–H and O–H groups in total. The van der Waals surface area contributed by atoms with Gasteiger partial charge in [-0.1, -0.05) is 0 Å². The first-order valence-corrected chi connectivity index (χ1v) is 7.12. The fourth-order valence-corrected chi connectivity index (χ4v) is 2.75. The Morgan fingerprint density at radius 2 is 1.62 bits per heavy atom. The Balaban J connectivity index is 2.72. The van der Waals surface area contributed by atoms with Gasteiger partial charge in [0.25, 0.3) is 0 Å². The van der Waals surface area contributed by atoms with Gasteiger partial charge < -0.3 is 9.30 Å². The predicted octanol–water partition coefficient (Wildman–Crippen LogP) is 4.02. The summed E-state index contributed by atoms with van der Waals surface area (Å²) >= 11 is 0. The molecule has 112 valence electrons. The maximum absolute atomic E-state index is 11.9. The van der Waals surface area contributed by atoms with Crippen molar-refractivity contribution >= 4 is 5.97 Å². The number of ether oxygens (including phenoxy) is 1. The number of esters is 1. The van der Waals surface area contributed by atoms with E-state index < -0.39 is 0 Å². The molecular formula is C18H23NO2. The van der Waals surface area contributed by atoms with E-state index in [0.717, 1.165) is 11.4 Å². The minimum atomic E-state index is -0.285. The molecule has 3 heteroatoms. The summed E-state index contributed by atoms with van der Waals surface area (Å²) in [6.07, 6.45) is 0. The van der Waals surface area contributed by atoms with Gasteiger partial charge in [-0.15, -0.1) is 0 Å². The van der Waals surface area contributed by atoms with E-state index >= 15 is 0 Å². The Kier molecular flexibility index (Phi) is 3.95. The number of methoxy groups -OCH3 is 1. The molecule has 2 aromatic rings. The Morgan fingerprint density at radius 3 is 2.19 bits per heavy atom. The van der Waals surface area contributed by atoms with Gasteiger partial charge in [0.1, 0.15) is 0 Å². The van der Waals surface area contributed by atoms with Crippen LogP contribution in [-0.4, -0.2) is 17.6 Å². The van der Waals surface area contributed by atoms with E-state index in [-0.39, 0.29) is 5.97 Å². The lowest BCUT2D eigenvalue weighted by molar-refractivity contribution is 0.0600. The molecule has 0 spiro atoms. The summed E-state index contributed by atoms with van der Waals surface area (Å²) in [5.74, 6) is -0.285. The largest absolute Gasteiger partial charge is 0.465 e. The van der Waals surface area contributed by atoms with Crippen LogP contribution in [0, 0.1) is 34.6 Å². The van der Waals surface area contributed by atoms with Crippen LogP contribution < -0.4 is 0 Å². The number of benzene rings is 1. The summed E-state index contributed by atoms with van der Waals surface area (Å²) in [5, 5.41) is 0. The molecule has 1 aromatic carbocycles. The third-order valence-corrected chi connectivity index (χ3v) is 4.70. The highest BCUT2D eigenvalue weighted by molar-refractivity contribution is 5.93. The van der Waals surface area contributed by atoms with E-state index in [4.69, 9.17) is 4.74 Å². The highest BCUT2D eigenvalue weighted by Crippen LogP contribution is 2.32. The lowest BCUT2D eigenvalue weighted by atomic mass is 9.93. The van der Waals surface area contributed by atoms with Crippen LogP contribution in [0.25, 0.3) is 11.3 Å². The van der Waals surface area contributed by atoms with Crippen LogP contribution in [0.3, 0.4) is 0 Å². The second kappa shape index (κ2) is 5.40. The van der Waals surface area contributed by atoms with Gasteiger partial charge in [-0.25, -0.2) is 4.79 Å². The highest BCUT2D eigenvalue weighted by atomic mass is 16.5. The zero-order chi connectivity index (χ0) is 15.9. The minimum absolute atomic E-state index is 0.285. The van der Waals surface area contributed by atoms with Gasteiger partial charge in [0.2, 0.25) is 0 Å². The molecule has 0 saturated carbocycles. The Labute approximate surface area is 126 Å². The molecule has 0 radical (unpaired) electrons. The monoisotopic (exact) mass is 285 g/mol. The second-order valence-corrected chi connectivity index (χ2v) is 5.70. The van der Waals surface area contributed by atoms with E-state index in [1.807, 2.05) is 20.0 Å². The zero-order valence-electron chi connectivity index (χ0n) is 13.9. The van der Waals surface area contributed by atoms with Crippen molar-refractivity contribution in [3.05, 3.63) is 45.6 Å². The van der Waals surface area contributed by atoms with Crippen molar-refractivity contribution in [1.82, 2.24) is 4.57 Å². The lowest BCUT2D eigenvalue weighted by Crippen LogP contribution is -2.03. The quantitative estimate of drug-likeness (QED) is 0.780. The van der Waals surface area contributed by atoms with Crippen molar-refractivity contribution in [2.45, 2.75) is 34.6 Å². The topological polar surface area (TPSA) is 31.2 Å². The lowest BCUT2D eigenvalue weighted by Gasteiger charge is -2.15. The first-order valence-electron chi connectivity index (χ1n) is 7.12. The summed E-state index contributed by atoms with van der Waals surface area (Å²) in [4.78, 5) is 11.9. The van der Waals surface area contributed by atoms with Crippen molar-refractivity contribution in [3.63, 3.8) is 0 Å². The van der Waals surface area contributed by atoms with Crippen molar-refractivity contribution in [1.29, 1.82) is 0 Å². The molecule has 0 bridgehead atoms. The molecule has 0 aliphatic rings. The van der Waals surface area contributed by atoms with Gasteiger partial charge in [-0.3, -0.25) is 0 Å². The predicted molar refractivity (Wildman–Crippen MR) is 85.9 cm³/mol. The normalized spacial score (nSPS) is 10.8. The summed E-state index contributed by atoms with van der Waals surface area (Å²) in [6.45, 7) is 10.5. The number of rotatable bonds is 2. The second-order valence-electron chi connectivity index (χ2n) is 5.70. The van der Waals surface area contributed by atoms with Crippen LogP contribution in [0.5, 0.6) is 0 Å². The van der Waals surface area contributed by atoms with E-state index in [0.29, 0.717) is 5.56 Å². The van der Waals surface area contributed by atoms with Gasteiger partial charge in [-0.2, -0.15) is 0 Å². The van der Waals surface area contributed by atoms with Crippen LogP contribution in [0.1, 0.15) is 38.3 Å². The molecule has 0 atom stereocenters. The molecule has 1 heterocycles. The molecule has 0 fully saturated rings. The fraction of sp³-hybridized carbons (Fsp3) is 0.389. The highest BCUT2D eigenvalue weighted by Gasteiger charge is 2.19. The third-order valence-electron chi connectivity index (χ3n) is 4.70. The molecule has 0 aliphatic heterocycles.